The molecule has 134 valence electrons. The normalized spacial score (nSPS) is 10.8. The van der Waals surface area contributed by atoms with Crippen molar-refractivity contribution in [1.82, 2.24) is 9.13 Å². The van der Waals surface area contributed by atoms with Gasteiger partial charge in [0, 0.05) is 55.1 Å². The van der Waals surface area contributed by atoms with E-state index in [9.17, 15) is 10.1 Å². The number of benzene rings is 2. The van der Waals surface area contributed by atoms with Crippen molar-refractivity contribution in [2.75, 3.05) is 5.73 Å². The van der Waals surface area contributed by atoms with Crippen LogP contribution >= 0.6 is 0 Å². The lowest BCUT2D eigenvalue weighted by Crippen LogP contribution is -1.91. The first-order chi connectivity index (χ1) is 12.3. The summed E-state index contributed by atoms with van der Waals surface area (Å²) in [5.41, 5.74) is 11.2. The number of aromatic nitrogens is 2. The molecule has 0 amide bonds. The Morgan fingerprint density at radius 2 is 1.38 bits per heavy atom. The molecule has 6 nitrogen and oxygen atoms in total. The Balaban J connectivity index is 0.000000152. The molecule has 2 aromatic carbocycles. The van der Waals surface area contributed by atoms with Crippen LogP contribution in [0.5, 0.6) is 0 Å². The number of anilines is 1. The Morgan fingerprint density at radius 3 is 1.92 bits per heavy atom. The first-order valence-electron chi connectivity index (χ1n) is 8.29. The van der Waals surface area contributed by atoms with Gasteiger partial charge in [-0.05, 0) is 49.2 Å². The van der Waals surface area contributed by atoms with Gasteiger partial charge in [0.05, 0.1) is 16.0 Å². The van der Waals surface area contributed by atoms with Crippen LogP contribution < -0.4 is 5.73 Å². The molecule has 0 unspecified atom stereocenters. The molecule has 0 saturated carbocycles. The van der Waals surface area contributed by atoms with Crippen molar-refractivity contribution in [3.8, 4) is 0 Å². The number of nitrogens with two attached hydrogens (primary N) is 1. The van der Waals surface area contributed by atoms with Crippen molar-refractivity contribution in [3.63, 3.8) is 0 Å². The number of nitrogens with zero attached hydrogens (tertiary/aromatic N) is 3. The van der Waals surface area contributed by atoms with E-state index in [2.05, 4.69) is 23.8 Å². The van der Waals surface area contributed by atoms with Crippen molar-refractivity contribution in [2.45, 2.75) is 13.8 Å². The van der Waals surface area contributed by atoms with Gasteiger partial charge in [0.25, 0.3) is 5.69 Å². The van der Waals surface area contributed by atoms with Crippen LogP contribution in [0, 0.1) is 24.0 Å². The van der Waals surface area contributed by atoms with Crippen LogP contribution in [0.15, 0.2) is 48.8 Å². The summed E-state index contributed by atoms with van der Waals surface area (Å²) < 4.78 is 4.08. The molecule has 4 rings (SSSR count). The highest BCUT2D eigenvalue weighted by atomic mass is 16.6. The molecule has 0 saturated heterocycles. The average molecular weight is 350 g/mol. The highest BCUT2D eigenvalue weighted by Crippen LogP contribution is 2.25. The molecule has 26 heavy (non-hydrogen) atoms. The SMILES string of the molecule is Cc1cc(N)cc2ccn(C)c12.Cc1cc([N+](=O)[O-])cc2ccn(C)c12. The fraction of sp³-hybridized carbons (Fsp3) is 0.200. The molecule has 0 bridgehead atoms. The highest BCUT2D eigenvalue weighted by Gasteiger charge is 2.10. The number of nitrogen functional groups attached to an aromatic ring is 1. The first kappa shape index (κ1) is 17.5. The first-order valence-corrected chi connectivity index (χ1v) is 8.29. The number of non-ortho nitro benzene ring substituents is 1. The van der Waals surface area contributed by atoms with E-state index in [-0.39, 0.29) is 10.6 Å². The molecule has 2 heterocycles. The lowest BCUT2D eigenvalue weighted by Gasteiger charge is -2.02. The largest absolute Gasteiger partial charge is 0.399 e. The van der Waals surface area contributed by atoms with Crippen molar-refractivity contribution >= 4 is 33.2 Å². The van der Waals surface area contributed by atoms with Crippen molar-refractivity contribution in [1.29, 1.82) is 0 Å². The third kappa shape index (κ3) is 3.13. The molecule has 4 aromatic rings. The lowest BCUT2D eigenvalue weighted by molar-refractivity contribution is -0.384. The van der Waals surface area contributed by atoms with Gasteiger partial charge in [-0.15, -0.1) is 0 Å². The van der Waals surface area contributed by atoms with E-state index < -0.39 is 0 Å². The van der Waals surface area contributed by atoms with E-state index in [1.54, 1.807) is 12.1 Å². The zero-order valence-electron chi connectivity index (χ0n) is 15.4. The number of rotatable bonds is 1. The van der Waals surface area contributed by atoms with Crippen LogP contribution in [0.3, 0.4) is 0 Å². The number of nitro benzene ring substituents is 1. The van der Waals surface area contributed by atoms with Crippen LogP contribution in [-0.2, 0) is 14.1 Å². The maximum absolute atomic E-state index is 10.6. The van der Waals surface area contributed by atoms with E-state index in [4.69, 9.17) is 5.73 Å². The van der Waals surface area contributed by atoms with E-state index in [0.717, 1.165) is 22.2 Å². The Kier molecular flexibility index (Phi) is 4.42. The van der Waals surface area contributed by atoms with Gasteiger partial charge in [-0.2, -0.15) is 0 Å². The van der Waals surface area contributed by atoms with Gasteiger partial charge in [-0.25, -0.2) is 0 Å². The Bertz CT molecular complexity index is 1120. The summed E-state index contributed by atoms with van der Waals surface area (Å²) in [6.07, 6.45) is 3.96. The van der Waals surface area contributed by atoms with Crippen molar-refractivity contribution in [2.24, 2.45) is 14.1 Å². The molecule has 2 aromatic heterocycles. The van der Waals surface area contributed by atoms with Gasteiger partial charge in [-0.1, -0.05) is 0 Å². The fourth-order valence-corrected chi connectivity index (χ4v) is 3.48. The summed E-state index contributed by atoms with van der Waals surface area (Å²) in [4.78, 5) is 10.2. The van der Waals surface area contributed by atoms with Crippen molar-refractivity contribution < 1.29 is 4.92 Å². The minimum atomic E-state index is -0.362. The van der Waals surface area contributed by atoms with E-state index in [0.29, 0.717) is 0 Å². The second-order valence-corrected chi connectivity index (χ2v) is 6.59. The molecule has 0 aliphatic carbocycles. The Labute approximate surface area is 151 Å². The smallest absolute Gasteiger partial charge is 0.270 e. The van der Waals surface area contributed by atoms with Gasteiger partial charge in [-0.3, -0.25) is 10.1 Å². The molecular formula is C20H22N4O2. The van der Waals surface area contributed by atoms with Gasteiger partial charge in [0.2, 0.25) is 0 Å². The molecule has 6 heteroatoms. The minimum Gasteiger partial charge on any atom is -0.399 e. The van der Waals surface area contributed by atoms with Gasteiger partial charge < -0.3 is 14.9 Å². The zero-order chi connectivity index (χ0) is 19.0. The van der Waals surface area contributed by atoms with E-state index in [1.165, 1.54) is 16.5 Å². The molecule has 0 radical (unpaired) electrons. The van der Waals surface area contributed by atoms with Crippen LogP contribution in [-0.4, -0.2) is 14.1 Å². The summed E-state index contributed by atoms with van der Waals surface area (Å²) in [7, 11) is 3.98. The topological polar surface area (TPSA) is 79.0 Å². The predicted molar refractivity (Wildman–Crippen MR) is 106 cm³/mol. The Hall–Kier alpha value is -3.28. The number of aryl methyl sites for hydroxylation is 4. The molecule has 0 spiro atoms. The maximum Gasteiger partial charge on any atom is 0.270 e. The molecule has 0 aliphatic rings. The fourth-order valence-electron chi connectivity index (χ4n) is 3.48. The summed E-state index contributed by atoms with van der Waals surface area (Å²) >= 11 is 0. The molecule has 0 fully saturated rings. The average Bonchev–Trinajstić information content (AvgIpc) is 3.11. The summed E-state index contributed by atoms with van der Waals surface area (Å²) in [6.45, 7) is 3.97. The quantitative estimate of drug-likeness (QED) is 0.313. The zero-order valence-corrected chi connectivity index (χ0v) is 15.4. The monoisotopic (exact) mass is 350 g/mol. The number of hydrogen-bond donors (Lipinski definition) is 1. The summed E-state index contributed by atoms with van der Waals surface area (Å²) in [6, 6.07) is 11.2. The molecule has 2 N–H and O–H groups in total. The second-order valence-electron chi connectivity index (χ2n) is 6.59. The third-order valence-corrected chi connectivity index (χ3v) is 4.54. The second kappa shape index (κ2) is 6.55. The van der Waals surface area contributed by atoms with E-state index in [1.807, 2.05) is 50.0 Å². The van der Waals surface area contributed by atoms with Crippen LogP contribution in [0.4, 0.5) is 11.4 Å². The van der Waals surface area contributed by atoms with Crippen LogP contribution in [0.25, 0.3) is 21.8 Å². The maximum atomic E-state index is 10.6. The molecule has 0 atom stereocenters. The van der Waals surface area contributed by atoms with Crippen LogP contribution in [0.2, 0.25) is 0 Å². The van der Waals surface area contributed by atoms with Gasteiger partial charge in [0.15, 0.2) is 0 Å². The number of fused-ring (bicyclic) bond motifs is 2. The third-order valence-electron chi connectivity index (χ3n) is 4.54. The van der Waals surface area contributed by atoms with Gasteiger partial charge in [0.1, 0.15) is 0 Å². The van der Waals surface area contributed by atoms with Gasteiger partial charge >= 0.3 is 0 Å². The van der Waals surface area contributed by atoms with Crippen molar-refractivity contribution in [3.05, 3.63) is 70.0 Å². The Morgan fingerprint density at radius 1 is 0.885 bits per heavy atom. The lowest BCUT2D eigenvalue weighted by atomic mass is 10.1. The van der Waals surface area contributed by atoms with E-state index >= 15 is 0 Å². The summed E-state index contributed by atoms with van der Waals surface area (Å²) in [5.74, 6) is 0. The molecule has 0 aliphatic heterocycles. The molecular weight excluding hydrogens is 328 g/mol. The number of hydrogen-bond acceptors (Lipinski definition) is 3. The highest BCUT2D eigenvalue weighted by molar-refractivity contribution is 5.86. The minimum absolute atomic E-state index is 0.154. The summed E-state index contributed by atoms with van der Waals surface area (Å²) in [5, 5.41) is 12.7. The predicted octanol–water partition coefficient (Wildman–Crippen LogP) is 4.46. The standard InChI is InChI=1S/C10H10N2O2.C10H12N2/c1-7-5-9(12(13)14)6-8-3-4-11(2)10(7)8;1-7-5-9(11)6-8-3-4-12(2)10(7)8/h3-6H,1-2H3;3-6H,11H2,1-2H3. The van der Waals surface area contributed by atoms with Crippen LogP contribution in [0.1, 0.15) is 11.1 Å². The number of nitro groups is 1.